The molecule has 2 amide bonds. The Morgan fingerprint density at radius 2 is 1.91 bits per heavy atom. The van der Waals surface area contributed by atoms with E-state index in [0.29, 0.717) is 25.4 Å². The highest BCUT2D eigenvalue weighted by molar-refractivity contribution is 5.78. The fourth-order valence-corrected chi connectivity index (χ4v) is 2.70. The lowest BCUT2D eigenvalue weighted by Gasteiger charge is -2.31. The molecule has 2 heterocycles. The molecule has 1 aromatic heterocycles. The molecule has 1 aromatic rings. The normalized spacial score (nSPS) is 15.6. The summed E-state index contributed by atoms with van der Waals surface area (Å²) in [5, 5.41) is 0. The third kappa shape index (κ3) is 4.83. The molecule has 5 heteroatoms. The van der Waals surface area contributed by atoms with Crippen molar-refractivity contribution in [1.82, 2.24) is 14.8 Å². The summed E-state index contributed by atoms with van der Waals surface area (Å²) in [5.74, 6) is 0.870. The average molecular weight is 303 g/mol. The summed E-state index contributed by atoms with van der Waals surface area (Å²) in [6.07, 6.45) is 6.00. The van der Waals surface area contributed by atoms with Gasteiger partial charge in [-0.25, -0.2) is 0 Å². The molecule has 0 radical (unpaired) electrons. The van der Waals surface area contributed by atoms with Crippen LogP contribution in [-0.4, -0.2) is 46.2 Å². The maximum Gasteiger partial charge on any atom is 0.224 e. The van der Waals surface area contributed by atoms with E-state index in [1.54, 1.807) is 24.2 Å². The van der Waals surface area contributed by atoms with Crippen molar-refractivity contribution >= 4 is 11.8 Å². The summed E-state index contributed by atoms with van der Waals surface area (Å²) in [4.78, 5) is 31.7. The zero-order valence-electron chi connectivity index (χ0n) is 13.5. The van der Waals surface area contributed by atoms with Crippen molar-refractivity contribution in [3.05, 3.63) is 30.1 Å². The number of likely N-dealkylation sites (tertiary alicyclic amines) is 1. The highest BCUT2D eigenvalue weighted by Gasteiger charge is 2.21. The molecule has 0 saturated carbocycles. The molecule has 1 fully saturated rings. The van der Waals surface area contributed by atoms with E-state index in [9.17, 15) is 9.59 Å². The Morgan fingerprint density at radius 3 is 2.50 bits per heavy atom. The van der Waals surface area contributed by atoms with Crippen LogP contribution in [0.5, 0.6) is 0 Å². The summed E-state index contributed by atoms with van der Waals surface area (Å²) in [5.41, 5.74) is 1.03. The number of rotatable bonds is 5. The highest BCUT2D eigenvalue weighted by Crippen LogP contribution is 2.16. The monoisotopic (exact) mass is 303 g/mol. The molecular formula is C17H25N3O2. The van der Waals surface area contributed by atoms with Crippen molar-refractivity contribution in [2.24, 2.45) is 5.92 Å². The smallest absolute Gasteiger partial charge is 0.224 e. The predicted octanol–water partition coefficient (Wildman–Crippen LogP) is 2.08. The largest absolute Gasteiger partial charge is 0.343 e. The first-order valence-corrected chi connectivity index (χ1v) is 7.98. The van der Waals surface area contributed by atoms with E-state index < -0.39 is 0 Å². The fourth-order valence-electron chi connectivity index (χ4n) is 2.70. The first kappa shape index (κ1) is 16.5. The van der Waals surface area contributed by atoms with Gasteiger partial charge in [0.2, 0.25) is 11.8 Å². The molecular weight excluding hydrogens is 278 g/mol. The van der Waals surface area contributed by atoms with Gasteiger partial charge >= 0.3 is 0 Å². The van der Waals surface area contributed by atoms with Gasteiger partial charge in [-0.05, 0) is 36.5 Å². The van der Waals surface area contributed by atoms with Crippen LogP contribution < -0.4 is 0 Å². The van der Waals surface area contributed by atoms with Gasteiger partial charge < -0.3 is 9.80 Å². The van der Waals surface area contributed by atoms with Gasteiger partial charge in [-0.15, -0.1) is 0 Å². The molecule has 2 rings (SSSR count). The van der Waals surface area contributed by atoms with Gasteiger partial charge in [-0.1, -0.05) is 6.92 Å². The summed E-state index contributed by atoms with van der Waals surface area (Å²) in [7, 11) is 0. The van der Waals surface area contributed by atoms with E-state index >= 15 is 0 Å². The number of aromatic nitrogens is 1. The molecule has 1 aliphatic heterocycles. The van der Waals surface area contributed by atoms with Crippen LogP contribution in [0.3, 0.4) is 0 Å². The SMILES string of the molecule is CC(=O)N(CCC(=O)N1CCC(C)CC1)Cc1ccncc1. The number of pyridine rings is 1. The van der Waals surface area contributed by atoms with E-state index in [4.69, 9.17) is 0 Å². The van der Waals surface area contributed by atoms with Gasteiger partial charge in [0.1, 0.15) is 0 Å². The van der Waals surface area contributed by atoms with Crippen molar-refractivity contribution in [2.45, 2.75) is 39.7 Å². The minimum absolute atomic E-state index is 0.00289. The predicted molar refractivity (Wildman–Crippen MR) is 84.9 cm³/mol. The van der Waals surface area contributed by atoms with Crippen LogP contribution in [0.15, 0.2) is 24.5 Å². The molecule has 120 valence electrons. The van der Waals surface area contributed by atoms with Crippen LogP contribution in [0.25, 0.3) is 0 Å². The minimum Gasteiger partial charge on any atom is -0.343 e. The number of hydrogen-bond acceptors (Lipinski definition) is 3. The molecule has 1 aliphatic rings. The zero-order valence-corrected chi connectivity index (χ0v) is 13.5. The van der Waals surface area contributed by atoms with Gasteiger partial charge in [0.25, 0.3) is 0 Å². The molecule has 0 spiro atoms. The number of piperidine rings is 1. The number of carbonyl (C=O) groups excluding carboxylic acids is 2. The molecule has 0 atom stereocenters. The van der Waals surface area contributed by atoms with Gasteiger partial charge in [-0.3, -0.25) is 14.6 Å². The highest BCUT2D eigenvalue weighted by atomic mass is 16.2. The Hall–Kier alpha value is -1.91. The van der Waals surface area contributed by atoms with Crippen LogP contribution in [-0.2, 0) is 16.1 Å². The van der Waals surface area contributed by atoms with Gasteiger partial charge in [0, 0.05) is 51.9 Å². The Bertz CT molecular complexity index is 496. The number of hydrogen-bond donors (Lipinski definition) is 0. The summed E-state index contributed by atoms with van der Waals surface area (Å²) in [6.45, 7) is 6.49. The van der Waals surface area contributed by atoms with E-state index in [0.717, 1.165) is 31.5 Å². The van der Waals surface area contributed by atoms with Crippen molar-refractivity contribution < 1.29 is 9.59 Å². The number of carbonyl (C=O) groups is 2. The van der Waals surface area contributed by atoms with Crippen molar-refractivity contribution in [1.29, 1.82) is 0 Å². The van der Waals surface area contributed by atoms with Crippen molar-refractivity contribution in [3.63, 3.8) is 0 Å². The Labute approximate surface area is 132 Å². The minimum atomic E-state index is -0.00289. The molecule has 0 bridgehead atoms. The number of nitrogens with zero attached hydrogens (tertiary/aromatic N) is 3. The zero-order chi connectivity index (χ0) is 15.9. The Morgan fingerprint density at radius 1 is 1.27 bits per heavy atom. The van der Waals surface area contributed by atoms with E-state index in [2.05, 4.69) is 11.9 Å². The first-order chi connectivity index (χ1) is 10.6. The molecule has 0 aromatic carbocycles. The topological polar surface area (TPSA) is 53.5 Å². The van der Waals surface area contributed by atoms with Gasteiger partial charge in [0.15, 0.2) is 0 Å². The van der Waals surface area contributed by atoms with Gasteiger partial charge in [0.05, 0.1) is 0 Å². The van der Waals surface area contributed by atoms with Crippen LogP contribution in [0.4, 0.5) is 0 Å². The molecule has 0 aliphatic carbocycles. The maximum atomic E-state index is 12.3. The fraction of sp³-hybridized carbons (Fsp3) is 0.588. The third-order valence-corrected chi connectivity index (χ3v) is 4.30. The Balaban J connectivity index is 1.84. The van der Waals surface area contributed by atoms with E-state index in [1.165, 1.54) is 0 Å². The molecule has 0 unspecified atom stereocenters. The number of amides is 2. The standard InChI is InChI=1S/C17H25N3O2/c1-14-5-10-19(11-6-14)17(22)7-12-20(15(2)21)13-16-3-8-18-9-4-16/h3-4,8-9,14H,5-7,10-13H2,1-2H3. The lowest BCUT2D eigenvalue weighted by Crippen LogP contribution is -2.40. The van der Waals surface area contributed by atoms with Crippen LogP contribution in [0.1, 0.15) is 38.7 Å². The van der Waals surface area contributed by atoms with E-state index in [1.807, 2.05) is 17.0 Å². The first-order valence-electron chi connectivity index (χ1n) is 7.98. The van der Waals surface area contributed by atoms with E-state index in [-0.39, 0.29) is 11.8 Å². The Kier molecular flexibility index (Phi) is 5.92. The second kappa shape index (κ2) is 7.92. The lowest BCUT2D eigenvalue weighted by atomic mass is 9.99. The molecule has 22 heavy (non-hydrogen) atoms. The molecule has 1 saturated heterocycles. The third-order valence-electron chi connectivity index (χ3n) is 4.30. The van der Waals surface area contributed by atoms with Crippen molar-refractivity contribution in [3.8, 4) is 0 Å². The molecule has 0 N–H and O–H groups in total. The second-order valence-electron chi connectivity index (χ2n) is 6.11. The summed E-state index contributed by atoms with van der Waals surface area (Å²) >= 11 is 0. The second-order valence-corrected chi connectivity index (χ2v) is 6.11. The quantitative estimate of drug-likeness (QED) is 0.837. The summed E-state index contributed by atoms with van der Waals surface area (Å²) in [6, 6.07) is 3.79. The molecule has 5 nitrogen and oxygen atoms in total. The van der Waals surface area contributed by atoms with Crippen LogP contribution in [0.2, 0.25) is 0 Å². The maximum absolute atomic E-state index is 12.3. The van der Waals surface area contributed by atoms with Crippen LogP contribution in [0, 0.1) is 5.92 Å². The van der Waals surface area contributed by atoms with Gasteiger partial charge in [-0.2, -0.15) is 0 Å². The lowest BCUT2D eigenvalue weighted by molar-refractivity contribution is -0.134. The summed E-state index contributed by atoms with van der Waals surface area (Å²) < 4.78 is 0. The van der Waals surface area contributed by atoms with Crippen LogP contribution >= 0.6 is 0 Å². The van der Waals surface area contributed by atoms with Crippen molar-refractivity contribution in [2.75, 3.05) is 19.6 Å². The average Bonchev–Trinajstić information content (AvgIpc) is 2.52.